The number of morpholine rings is 1. The molecule has 1 fully saturated rings. The SMILES string of the molecule is CC(CCCO)N1C(=O)COCC1=O. The molecule has 1 saturated heterocycles. The van der Waals surface area contributed by atoms with Crippen LogP contribution in [0.4, 0.5) is 0 Å². The summed E-state index contributed by atoms with van der Waals surface area (Å²) in [4.78, 5) is 23.9. The minimum absolute atomic E-state index is 0.0186. The second-order valence-corrected chi connectivity index (χ2v) is 3.37. The van der Waals surface area contributed by atoms with Crippen molar-refractivity contribution in [3.05, 3.63) is 0 Å². The maximum absolute atomic E-state index is 11.3. The third-order valence-electron chi connectivity index (χ3n) is 2.21. The van der Waals surface area contributed by atoms with Crippen LogP contribution in [0.1, 0.15) is 19.8 Å². The van der Waals surface area contributed by atoms with Crippen molar-refractivity contribution in [2.45, 2.75) is 25.8 Å². The average Bonchev–Trinajstić information content (AvgIpc) is 2.14. The fraction of sp³-hybridized carbons (Fsp3) is 0.778. The van der Waals surface area contributed by atoms with E-state index in [1.165, 1.54) is 4.90 Å². The third kappa shape index (κ3) is 2.52. The Morgan fingerprint density at radius 3 is 2.50 bits per heavy atom. The fourth-order valence-corrected chi connectivity index (χ4v) is 1.51. The zero-order valence-electron chi connectivity index (χ0n) is 8.23. The monoisotopic (exact) mass is 201 g/mol. The Hall–Kier alpha value is -0.940. The van der Waals surface area contributed by atoms with E-state index in [1.54, 1.807) is 6.92 Å². The van der Waals surface area contributed by atoms with Gasteiger partial charge in [-0.1, -0.05) is 0 Å². The molecule has 1 rings (SSSR count). The van der Waals surface area contributed by atoms with Crippen molar-refractivity contribution < 1.29 is 19.4 Å². The molecule has 80 valence electrons. The third-order valence-corrected chi connectivity index (χ3v) is 2.21. The van der Waals surface area contributed by atoms with Gasteiger partial charge >= 0.3 is 0 Å². The van der Waals surface area contributed by atoms with Crippen LogP contribution in [-0.4, -0.2) is 47.7 Å². The van der Waals surface area contributed by atoms with Gasteiger partial charge in [-0.15, -0.1) is 0 Å². The lowest BCUT2D eigenvalue weighted by molar-refractivity contribution is -0.161. The summed E-state index contributed by atoms with van der Waals surface area (Å²) in [5.41, 5.74) is 0. The quantitative estimate of drug-likeness (QED) is 0.624. The van der Waals surface area contributed by atoms with E-state index in [4.69, 9.17) is 9.84 Å². The van der Waals surface area contributed by atoms with Crippen molar-refractivity contribution in [2.24, 2.45) is 0 Å². The Bertz CT molecular complexity index is 213. The standard InChI is InChI=1S/C9H15NO4/c1-7(3-2-4-11)10-8(12)5-14-6-9(10)13/h7,11H,2-6H2,1H3. The van der Waals surface area contributed by atoms with Crippen LogP contribution in [0.5, 0.6) is 0 Å². The fourth-order valence-electron chi connectivity index (χ4n) is 1.51. The molecule has 1 atom stereocenters. The highest BCUT2D eigenvalue weighted by Crippen LogP contribution is 2.10. The molecule has 1 aliphatic rings. The molecule has 1 heterocycles. The molecule has 0 aromatic carbocycles. The van der Waals surface area contributed by atoms with Crippen molar-refractivity contribution >= 4 is 11.8 Å². The minimum Gasteiger partial charge on any atom is -0.396 e. The van der Waals surface area contributed by atoms with E-state index in [-0.39, 0.29) is 37.7 Å². The van der Waals surface area contributed by atoms with Gasteiger partial charge in [0.2, 0.25) is 0 Å². The second-order valence-electron chi connectivity index (χ2n) is 3.37. The number of hydrogen-bond acceptors (Lipinski definition) is 4. The molecule has 0 bridgehead atoms. The van der Waals surface area contributed by atoms with Gasteiger partial charge in [-0.2, -0.15) is 0 Å². The number of carbonyl (C=O) groups excluding carboxylic acids is 2. The first-order valence-corrected chi connectivity index (χ1v) is 4.70. The number of amides is 2. The summed E-state index contributed by atoms with van der Waals surface area (Å²) in [6.45, 7) is 1.85. The first-order chi connectivity index (χ1) is 6.66. The van der Waals surface area contributed by atoms with Crippen molar-refractivity contribution in [1.29, 1.82) is 0 Å². The van der Waals surface area contributed by atoms with Crippen LogP contribution < -0.4 is 0 Å². The predicted molar refractivity (Wildman–Crippen MR) is 48.5 cm³/mol. The number of ether oxygens (including phenoxy) is 1. The lowest BCUT2D eigenvalue weighted by Crippen LogP contribution is -2.50. The van der Waals surface area contributed by atoms with Crippen molar-refractivity contribution in [1.82, 2.24) is 4.90 Å². The normalized spacial score (nSPS) is 20.0. The maximum Gasteiger partial charge on any atom is 0.255 e. The largest absolute Gasteiger partial charge is 0.396 e. The summed E-state index contributed by atoms with van der Waals surface area (Å²) in [6.07, 6.45) is 1.23. The smallest absolute Gasteiger partial charge is 0.255 e. The maximum atomic E-state index is 11.3. The summed E-state index contributed by atoms with van der Waals surface area (Å²) in [5, 5.41) is 8.63. The summed E-state index contributed by atoms with van der Waals surface area (Å²) in [6, 6.07) is -0.147. The van der Waals surface area contributed by atoms with Gasteiger partial charge in [0.15, 0.2) is 0 Å². The molecule has 1 unspecified atom stereocenters. The van der Waals surface area contributed by atoms with Gasteiger partial charge in [0.25, 0.3) is 11.8 Å². The number of imide groups is 1. The van der Waals surface area contributed by atoms with E-state index >= 15 is 0 Å². The zero-order chi connectivity index (χ0) is 10.6. The highest BCUT2D eigenvalue weighted by Gasteiger charge is 2.30. The van der Waals surface area contributed by atoms with Crippen molar-refractivity contribution in [3.63, 3.8) is 0 Å². The number of nitrogens with zero attached hydrogens (tertiary/aromatic N) is 1. The molecule has 1 aliphatic heterocycles. The summed E-state index contributed by atoms with van der Waals surface area (Å²) >= 11 is 0. The Balaban J connectivity index is 2.53. The first-order valence-electron chi connectivity index (χ1n) is 4.70. The predicted octanol–water partition coefficient (Wildman–Crippen LogP) is -0.467. The number of carbonyl (C=O) groups is 2. The van der Waals surface area contributed by atoms with Crippen LogP contribution in [0, 0.1) is 0 Å². The molecule has 0 radical (unpaired) electrons. The van der Waals surface area contributed by atoms with Gasteiger partial charge < -0.3 is 9.84 Å². The lowest BCUT2D eigenvalue weighted by Gasteiger charge is -2.30. The van der Waals surface area contributed by atoms with Crippen LogP contribution in [0.15, 0.2) is 0 Å². The molecular formula is C9H15NO4. The number of hydrogen-bond donors (Lipinski definition) is 1. The number of aliphatic hydroxyl groups excluding tert-OH is 1. The Morgan fingerprint density at radius 1 is 1.43 bits per heavy atom. The van der Waals surface area contributed by atoms with E-state index in [9.17, 15) is 9.59 Å². The van der Waals surface area contributed by atoms with Gasteiger partial charge in [0.1, 0.15) is 13.2 Å². The first kappa shape index (κ1) is 11.1. The molecule has 0 aromatic rings. The number of aliphatic hydroxyl groups is 1. The van der Waals surface area contributed by atoms with Crippen LogP contribution in [0.3, 0.4) is 0 Å². The topological polar surface area (TPSA) is 66.8 Å². The van der Waals surface area contributed by atoms with E-state index in [2.05, 4.69) is 0 Å². The minimum atomic E-state index is -0.285. The highest BCUT2D eigenvalue weighted by molar-refractivity contribution is 5.98. The molecule has 0 aromatic heterocycles. The Kier molecular flexibility index (Phi) is 4.03. The van der Waals surface area contributed by atoms with E-state index in [1.807, 2.05) is 0 Å². The number of rotatable bonds is 4. The molecule has 1 N–H and O–H groups in total. The summed E-state index contributed by atoms with van der Waals surface area (Å²) < 4.78 is 4.79. The Morgan fingerprint density at radius 2 is 2.00 bits per heavy atom. The van der Waals surface area contributed by atoms with E-state index < -0.39 is 0 Å². The second kappa shape index (κ2) is 5.07. The molecule has 2 amide bonds. The van der Waals surface area contributed by atoms with Crippen LogP contribution in [-0.2, 0) is 14.3 Å². The van der Waals surface area contributed by atoms with E-state index in [0.29, 0.717) is 12.8 Å². The average molecular weight is 201 g/mol. The van der Waals surface area contributed by atoms with Gasteiger partial charge in [0, 0.05) is 12.6 Å². The summed E-state index contributed by atoms with van der Waals surface area (Å²) in [5.74, 6) is -0.571. The molecule has 0 spiro atoms. The van der Waals surface area contributed by atoms with Gasteiger partial charge in [-0.3, -0.25) is 14.5 Å². The van der Waals surface area contributed by atoms with Crippen molar-refractivity contribution in [2.75, 3.05) is 19.8 Å². The van der Waals surface area contributed by atoms with Crippen LogP contribution in [0.25, 0.3) is 0 Å². The zero-order valence-corrected chi connectivity index (χ0v) is 8.23. The Labute approximate surface area is 82.6 Å². The van der Waals surface area contributed by atoms with Gasteiger partial charge in [-0.05, 0) is 19.8 Å². The summed E-state index contributed by atoms with van der Waals surface area (Å²) in [7, 11) is 0. The molecule has 5 heteroatoms. The molecule has 5 nitrogen and oxygen atoms in total. The molecule has 0 aliphatic carbocycles. The highest BCUT2D eigenvalue weighted by atomic mass is 16.5. The van der Waals surface area contributed by atoms with Crippen LogP contribution in [0.2, 0.25) is 0 Å². The van der Waals surface area contributed by atoms with Crippen LogP contribution >= 0.6 is 0 Å². The lowest BCUT2D eigenvalue weighted by atomic mass is 10.1. The van der Waals surface area contributed by atoms with Crippen molar-refractivity contribution in [3.8, 4) is 0 Å². The van der Waals surface area contributed by atoms with Gasteiger partial charge in [0.05, 0.1) is 0 Å². The molecule has 14 heavy (non-hydrogen) atoms. The molecular weight excluding hydrogens is 186 g/mol. The molecule has 0 saturated carbocycles. The van der Waals surface area contributed by atoms with Gasteiger partial charge in [-0.25, -0.2) is 0 Å². The van der Waals surface area contributed by atoms with E-state index in [0.717, 1.165) is 0 Å².